The zero-order valence-corrected chi connectivity index (χ0v) is 21.9. The lowest BCUT2D eigenvalue weighted by atomic mass is 9.98. The molecule has 1 amide bonds. The number of aromatic nitrogens is 3. The summed E-state index contributed by atoms with van der Waals surface area (Å²) in [6, 6.07) is 15.0. The Morgan fingerprint density at radius 3 is 2.66 bits per heavy atom. The highest BCUT2D eigenvalue weighted by atomic mass is 35.5. The van der Waals surface area contributed by atoms with E-state index >= 15 is 0 Å². The van der Waals surface area contributed by atoms with E-state index in [0.29, 0.717) is 51.2 Å². The Bertz CT molecular complexity index is 1610. The Morgan fingerprint density at radius 2 is 2.00 bits per heavy atom. The maximum atomic E-state index is 13.5. The van der Waals surface area contributed by atoms with Gasteiger partial charge in [0.1, 0.15) is 11.5 Å². The summed E-state index contributed by atoms with van der Waals surface area (Å²) in [5.41, 5.74) is 9.83. The molecule has 0 saturated carbocycles. The molecule has 4 N–H and O–H groups in total. The Balaban J connectivity index is 1.47. The lowest BCUT2D eigenvalue weighted by molar-refractivity contribution is -0.115. The van der Waals surface area contributed by atoms with Crippen LogP contribution in [0.15, 0.2) is 64.5 Å². The van der Waals surface area contributed by atoms with Gasteiger partial charge in [-0.3, -0.25) is 14.2 Å². The molecule has 1 atom stereocenters. The van der Waals surface area contributed by atoms with Crippen molar-refractivity contribution in [2.75, 3.05) is 18.4 Å². The number of nitrogens with zero attached hydrogens (tertiary/aromatic N) is 4. The molecule has 0 aliphatic carbocycles. The van der Waals surface area contributed by atoms with Crippen LogP contribution in [0.4, 0.5) is 11.6 Å². The summed E-state index contributed by atoms with van der Waals surface area (Å²) in [6.45, 7) is 5.68. The first-order chi connectivity index (χ1) is 18.3. The lowest BCUT2D eigenvalue weighted by Crippen LogP contribution is -2.22. The third kappa shape index (κ3) is 5.16. The number of hydrogen-bond donors (Lipinski definition) is 3. The molecule has 1 fully saturated rings. The minimum absolute atomic E-state index is 0.0639. The van der Waals surface area contributed by atoms with Crippen molar-refractivity contribution in [3.05, 3.63) is 81.2 Å². The second-order valence-electron chi connectivity index (χ2n) is 9.23. The Morgan fingerprint density at radius 1 is 1.21 bits per heavy atom. The SMILES string of the molecule is CCn1c(=O)c(-c2ccc(C(N)=NC(C)=O)cc2Cl)cc2cnc(Nc3ccc(C4CCNC4)cc3)nc21. The molecule has 9 nitrogen and oxygen atoms in total. The summed E-state index contributed by atoms with van der Waals surface area (Å²) >= 11 is 6.54. The summed E-state index contributed by atoms with van der Waals surface area (Å²) in [7, 11) is 0. The van der Waals surface area contributed by atoms with E-state index in [1.54, 1.807) is 35.0 Å². The molecule has 0 spiro atoms. The first kappa shape index (κ1) is 25.6. The fraction of sp³-hybridized carbons (Fsp3) is 0.250. The lowest BCUT2D eigenvalue weighted by Gasteiger charge is -2.14. The third-order valence-electron chi connectivity index (χ3n) is 6.67. The number of amidine groups is 1. The van der Waals surface area contributed by atoms with Crippen LogP contribution in [0.5, 0.6) is 0 Å². The second-order valence-corrected chi connectivity index (χ2v) is 9.63. The van der Waals surface area contributed by atoms with Crippen molar-refractivity contribution >= 4 is 46.0 Å². The standard InChI is InChI=1S/C28H28ClN7O2/c1-3-36-26-20(12-23(27(36)38)22-9-6-18(13-24(22)29)25(30)33-16(2)37)15-32-28(35-26)34-21-7-4-17(5-8-21)19-10-11-31-14-19/h4-9,12-13,15,19,31H,3,10-11,14H2,1-2H3,(H2,30,33,37)(H,32,34,35). The van der Waals surface area contributed by atoms with Crippen molar-refractivity contribution < 1.29 is 4.79 Å². The number of fused-ring (bicyclic) bond motifs is 1. The Labute approximate surface area is 224 Å². The molecular weight excluding hydrogens is 502 g/mol. The van der Waals surface area contributed by atoms with E-state index in [-0.39, 0.29) is 11.4 Å². The molecule has 2 aromatic heterocycles. The summed E-state index contributed by atoms with van der Waals surface area (Å²) < 4.78 is 1.60. The molecule has 5 rings (SSSR count). The van der Waals surface area contributed by atoms with Gasteiger partial charge in [-0.15, -0.1) is 0 Å². The maximum Gasteiger partial charge on any atom is 0.260 e. The van der Waals surface area contributed by atoms with Crippen molar-refractivity contribution in [3.8, 4) is 11.1 Å². The van der Waals surface area contributed by atoms with Crippen LogP contribution < -0.4 is 21.9 Å². The molecule has 10 heteroatoms. The molecule has 2 aromatic carbocycles. The van der Waals surface area contributed by atoms with E-state index < -0.39 is 5.91 Å². The van der Waals surface area contributed by atoms with Gasteiger partial charge in [-0.2, -0.15) is 9.98 Å². The number of pyridine rings is 1. The molecule has 1 unspecified atom stereocenters. The van der Waals surface area contributed by atoms with Crippen molar-refractivity contribution in [3.63, 3.8) is 0 Å². The number of carbonyl (C=O) groups is 1. The number of benzene rings is 2. The minimum atomic E-state index is -0.407. The molecule has 4 aromatic rings. The van der Waals surface area contributed by atoms with E-state index in [1.165, 1.54) is 12.5 Å². The summed E-state index contributed by atoms with van der Waals surface area (Å²) in [5, 5.41) is 7.67. The largest absolute Gasteiger partial charge is 0.383 e. The summed E-state index contributed by atoms with van der Waals surface area (Å²) in [5.74, 6) is 0.610. The molecule has 38 heavy (non-hydrogen) atoms. The fourth-order valence-electron chi connectivity index (χ4n) is 4.74. The smallest absolute Gasteiger partial charge is 0.260 e. The quantitative estimate of drug-likeness (QED) is 0.252. The van der Waals surface area contributed by atoms with Gasteiger partial charge < -0.3 is 16.4 Å². The summed E-state index contributed by atoms with van der Waals surface area (Å²) in [4.78, 5) is 37.6. The van der Waals surface area contributed by atoms with Gasteiger partial charge in [0.2, 0.25) is 11.9 Å². The highest BCUT2D eigenvalue weighted by molar-refractivity contribution is 6.33. The number of anilines is 2. The number of hydrogen-bond acceptors (Lipinski definition) is 6. The topological polar surface area (TPSA) is 127 Å². The number of aliphatic imine (C=N–C) groups is 1. The van der Waals surface area contributed by atoms with Crippen molar-refractivity contribution in [1.82, 2.24) is 19.9 Å². The number of nitrogens with two attached hydrogens (primary N) is 1. The first-order valence-corrected chi connectivity index (χ1v) is 12.8. The number of rotatable bonds is 6. The van der Waals surface area contributed by atoms with Crippen LogP contribution in [0, 0.1) is 0 Å². The van der Waals surface area contributed by atoms with Gasteiger partial charge in [0.05, 0.1) is 0 Å². The highest BCUT2D eigenvalue weighted by Crippen LogP contribution is 2.29. The number of halogens is 1. The van der Waals surface area contributed by atoms with Gasteiger partial charge in [-0.1, -0.05) is 35.9 Å². The van der Waals surface area contributed by atoms with Crippen LogP contribution in [0.2, 0.25) is 5.02 Å². The van der Waals surface area contributed by atoms with Gasteiger partial charge in [0.25, 0.3) is 5.56 Å². The van der Waals surface area contributed by atoms with Gasteiger partial charge in [-0.05, 0) is 55.6 Å². The Kier molecular flexibility index (Phi) is 7.22. The van der Waals surface area contributed by atoms with E-state index in [9.17, 15) is 9.59 Å². The molecule has 1 saturated heterocycles. The molecule has 194 valence electrons. The fourth-order valence-corrected chi connectivity index (χ4v) is 5.02. The van der Waals surface area contributed by atoms with Crippen molar-refractivity contribution in [2.45, 2.75) is 32.7 Å². The van der Waals surface area contributed by atoms with Crippen LogP contribution in [0.25, 0.3) is 22.2 Å². The maximum absolute atomic E-state index is 13.5. The van der Waals surface area contributed by atoms with E-state index in [0.717, 1.165) is 25.2 Å². The van der Waals surface area contributed by atoms with E-state index in [2.05, 4.69) is 37.7 Å². The van der Waals surface area contributed by atoms with Gasteiger partial charge >= 0.3 is 0 Å². The second kappa shape index (κ2) is 10.7. The average molecular weight is 530 g/mol. The average Bonchev–Trinajstić information content (AvgIpc) is 3.44. The molecule has 0 radical (unpaired) electrons. The zero-order valence-electron chi connectivity index (χ0n) is 21.2. The molecule has 1 aliphatic rings. The normalized spacial score (nSPS) is 15.7. The molecule has 0 bridgehead atoms. The van der Waals surface area contributed by atoms with E-state index in [4.69, 9.17) is 17.3 Å². The molecule has 1 aliphatic heterocycles. The number of amides is 1. The van der Waals surface area contributed by atoms with Crippen molar-refractivity contribution in [1.29, 1.82) is 0 Å². The molecule has 3 heterocycles. The van der Waals surface area contributed by atoms with Crippen LogP contribution in [0.3, 0.4) is 0 Å². The number of aryl methyl sites for hydroxylation is 1. The van der Waals surface area contributed by atoms with Crippen LogP contribution in [-0.2, 0) is 11.3 Å². The first-order valence-electron chi connectivity index (χ1n) is 12.5. The predicted molar refractivity (Wildman–Crippen MR) is 151 cm³/mol. The van der Waals surface area contributed by atoms with Gasteiger partial charge in [-0.25, -0.2) is 4.98 Å². The predicted octanol–water partition coefficient (Wildman–Crippen LogP) is 4.20. The highest BCUT2D eigenvalue weighted by Gasteiger charge is 2.17. The van der Waals surface area contributed by atoms with E-state index in [1.807, 2.05) is 19.1 Å². The third-order valence-corrected chi connectivity index (χ3v) is 6.99. The zero-order chi connectivity index (χ0) is 26.8. The Hall–Kier alpha value is -4.08. The van der Waals surface area contributed by atoms with Gasteiger partial charge in [0, 0.05) is 59.0 Å². The van der Waals surface area contributed by atoms with Crippen LogP contribution in [-0.4, -0.2) is 39.4 Å². The molecular formula is C28H28ClN7O2. The van der Waals surface area contributed by atoms with Crippen LogP contribution >= 0.6 is 11.6 Å². The monoisotopic (exact) mass is 529 g/mol. The number of carbonyl (C=O) groups excluding carboxylic acids is 1. The van der Waals surface area contributed by atoms with Crippen LogP contribution in [0.1, 0.15) is 37.3 Å². The van der Waals surface area contributed by atoms with Crippen molar-refractivity contribution in [2.24, 2.45) is 10.7 Å². The minimum Gasteiger partial charge on any atom is -0.383 e. The van der Waals surface area contributed by atoms with Gasteiger partial charge in [0.15, 0.2) is 0 Å². The number of nitrogens with one attached hydrogen (secondary N) is 2. The summed E-state index contributed by atoms with van der Waals surface area (Å²) in [6.07, 6.45) is 2.84.